The number of nitrogens with one attached hydrogen (secondary N) is 2. The summed E-state index contributed by atoms with van der Waals surface area (Å²) in [7, 11) is 1.04. The number of nitrogens with zero attached hydrogens (tertiary/aromatic N) is 2. The molecule has 1 saturated carbocycles. The molecule has 0 radical (unpaired) electrons. The minimum absolute atomic E-state index is 0.295. The maximum absolute atomic E-state index is 12.1. The monoisotopic (exact) mass is 388 g/mol. The number of oxazole rings is 1. The largest absolute Gasteiger partial charge is 0.444 e. The van der Waals surface area contributed by atoms with Crippen LogP contribution in [-0.2, 0) is 17.3 Å². The van der Waals surface area contributed by atoms with Crippen molar-refractivity contribution in [3.05, 3.63) is 42.3 Å². The molecule has 1 fully saturated rings. The lowest BCUT2D eigenvalue weighted by Gasteiger charge is -2.30. The Hall–Kier alpha value is -2.15. The lowest BCUT2D eigenvalue weighted by atomic mass is 9.95. The van der Waals surface area contributed by atoms with Gasteiger partial charge < -0.3 is 15.1 Å². The van der Waals surface area contributed by atoms with Gasteiger partial charge in [0, 0.05) is 40.5 Å². The van der Waals surface area contributed by atoms with Gasteiger partial charge >= 0.3 is 0 Å². The van der Waals surface area contributed by atoms with Crippen LogP contribution in [0.15, 0.2) is 46.0 Å². The Morgan fingerprint density at radius 2 is 2.15 bits per heavy atom. The maximum atomic E-state index is 12.1. The second kappa shape index (κ2) is 9.69. The van der Waals surface area contributed by atoms with Crippen molar-refractivity contribution >= 4 is 16.8 Å². The van der Waals surface area contributed by atoms with Crippen molar-refractivity contribution in [1.82, 2.24) is 15.6 Å². The first-order valence-electron chi connectivity index (χ1n) is 9.53. The summed E-state index contributed by atoms with van der Waals surface area (Å²) < 4.78 is 17.7. The molecule has 2 aromatic rings. The molecule has 6 nitrogen and oxygen atoms in total. The Balaban J connectivity index is 1.52. The molecule has 27 heavy (non-hydrogen) atoms. The van der Waals surface area contributed by atoms with Crippen LogP contribution >= 0.6 is 0 Å². The van der Waals surface area contributed by atoms with Crippen LogP contribution in [0.2, 0.25) is 0 Å². The molecule has 1 aliphatic rings. The van der Waals surface area contributed by atoms with Crippen molar-refractivity contribution in [2.45, 2.75) is 50.4 Å². The first kappa shape index (κ1) is 19.6. The average molecular weight is 389 g/mol. The zero-order valence-corrected chi connectivity index (χ0v) is 16.8. The molecule has 0 saturated heterocycles. The van der Waals surface area contributed by atoms with Crippen LogP contribution in [0.25, 0.3) is 11.5 Å². The van der Waals surface area contributed by atoms with E-state index in [9.17, 15) is 4.21 Å². The summed E-state index contributed by atoms with van der Waals surface area (Å²) in [6.45, 7) is 2.53. The lowest BCUT2D eigenvalue weighted by molar-refractivity contribution is 0.413. The number of aromatic nitrogens is 1. The summed E-state index contributed by atoms with van der Waals surface area (Å²) in [6.07, 6.45) is 5.85. The average Bonchev–Trinajstić information content (AvgIpc) is 3.20. The van der Waals surface area contributed by atoms with Gasteiger partial charge in [0.1, 0.15) is 6.26 Å². The van der Waals surface area contributed by atoms with Gasteiger partial charge in [0.15, 0.2) is 5.96 Å². The van der Waals surface area contributed by atoms with Crippen LogP contribution in [0.5, 0.6) is 0 Å². The minimum atomic E-state index is -0.723. The third kappa shape index (κ3) is 5.42. The van der Waals surface area contributed by atoms with Crippen LogP contribution in [-0.4, -0.2) is 39.2 Å². The predicted octanol–water partition coefficient (Wildman–Crippen LogP) is 3.09. The van der Waals surface area contributed by atoms with Gasteiger partial charge in [-0.2, -0.15) is 0 Å². The second-order valence-electron chi connectivity index (χ2n) is 6.74. The minimum Gasteiger partial charge on any atom is -0.444 e. The third-order valence-corrected chi connectivity index (χ3v) is 6.60. The van der Waals surface area contributed by atoms with E-state index in [-0.39, 0.29) is 0 Å². The van der Waals surface area contributed by atoms with Crippen molar-refractivity contribution in [2.24, 2.45) is 4.99 Å². The zero-order chi connectivity index (χ0) is 19.1. The molecule has 0 spiro atoms. The van der Waals surface area contributed by atoms with Crippen molar-refractivity contribution in [2.75, 3.05) is 12.8 Å². The SMILES string of the molecule is CCS(=O)C1CCCC(NC(=NC)NCc2coc(-c3ccccc3)n2)C1. The summed E-state index contributed by atoms with van der Waals surface area (Å²) in [5, 5.41) is 7.06. The van der Waals surface area contributed by atoms with Crippen LogP contribution in [0, 0.1) is 0 Å². The molecule has 0 bridgehead atoms. The molecule has 3 atom stereocenters. The molecule has 1 aromatic carbocycles. The molecule has 1 aliphatic carbocycles. The summed E-state index contributed by atoms with van der Waals surface area (Å²) >= 11 is 0. The topological polar surface area (TPSA) is 79.5 Å². The highest BCUT2D eigenvalue weighted by molar-refractivity contribution is 7.85. The van der Waals surface area contributed by atoms with Gasteiger partial charge in [0.2, 0.25) is 5.89 Å². The number of hydrogen-bond acceptors (Lipinski definition) is 4. The summed E-state index contributed by atoms with van der Waals surface area (Å²) in [5.74, 6) is 2.10. The fourth-order valence-corrected chi connectivity index (χ4v) is 4.76. The smallest absolute Gasteiger partial charge is 0.226 e. The highest BCUT2D eigenvalue weighted by Crippen LogP contribution is 2.23. The fourth-order valence-electron chi connectivity index (χ4n) is 3.41. The third-order valence-electron chi connectivity index (χ3n) is 4.86. The first-order valence-corrected chi connectivity index (χ1v) is 10.9. The maximum Gasteiger partial charge on any atom is 0.226 e. The second-order valence-corrected chi connectivity index (χ2v) is 8.74. The Morgan fingerprint density at radius 1 is 1.33 bits per heavy atom. The van der Waals surface area contributed by atoms with Crippen LogP contribution in [0.4, 0.5) is 0 Å². The van der Waals surface area contributed by atoms with Crippen molar-refractivity contribution < 1.29 is 8.63 Å². The number of benzene rings is 1. The molecule has 146 valence electrons. The van der Waals surface area contributed by atoms with Gasteiger partial charge in [0.25, 0.3) is 0 Å². The molecular weight excluding hydrogens is 360 g/mol. The Labute approximate surface area is 163 Å². The Kier molecular flexibility index (Phi) is 7.04. The molecule has 1 heterocycles. The van der Waals surface area contributed by atoms with E-state index in [4.69, 9.17) is 4.42 Å². The standard InChI is InChI=1S/C20H28N4O2S/c1-3-27(25)18-11-7-10-16(12-18)24-20(21-2)22-13-17-14-26-19(23-17)15-8-5-4-6-9-15/h4-6,8-9,14,16,18H,3,7,10-13H2,1-2H3,(H2,21,22,24). The highest BCUT2D eigenvalue weighted by atomic mass is 32.2. The lowest BCUT2D eigenvalue weighted by Crippen LogP contribution is -2.46. The number of aliphatic imine (C=N–C) groups is 1. The van der Waals surface area contributed by atoms with Crippen molar-refractivity contribution in [3.8, 4) is 11.5 Å². The van der Waals surface area contributed by atoms with E-state index in [1.165, 1.54) is 0 Å². The van der Waals surface area contributed by atoms with Crippen LogP contribution in [0.1, 0.15) is 38.3 Å². The van der Waals surface area contributed by atoms with Crippen molar-refractivity contribution in [1.29, 1.82) is 0 Å². The molecular formula is C20H28N4O2S. The number of guanidine groups is 1. The van der Waals surface area contributed by atoms with E-state index < -0.39 is 10.8 Å². The predicted molar refractivity (Wildman–Crippen MR) is 110 cm³/mol. The molecule has 2 N–H and O–H groups in total. The van der Waals surface area contributed by atoms with Gasteiger partial charge in [-0.25, -0.2) is 4.98 Å². The quantitative estimate of drug-likeness (QED) is 0.587. The number of hydrogen-bond donors (Lipinski definition) is 2. The summed E-state index contributed by atoms with van der Waals surface area (Å²) in [6, 6.07) is 10.2. The van der Waals surface area contributed by atoms with E-state index in [2.05, 4.69) is 20.6 Å². The van der Waals surface area contributed by atoms with Gasteiger partial charge in [-0.15, -0.1) is 0 Å². The van der Waals surface area contributed by atoms with E-state index in [0.29, 0.717) is 23.7 Å². The Bertz CT molecular complexity index is 775. The van der Waals surface area contributed by atoms with E-state index >= 15 is 0 Å². The van der Waals surface area contributed by atoms with Gasteiger partial charge in [-0.1, -0.05) is 31.5 Å². The van der Waals surface area contributed by atoms with E-state index in [1.807, 2.05) is 37.3 Å². The molecule has 3 unspecified atom stereocenters. The van der Waals surface area contributed by atoms with Crippen molar-refractivity contribution in [3.63, 3.8) is 0 Å². The fraction of sp³-hybridized carbons (Fsp3) is 0.500. The normalized spacial score (nSPS) is 21.6. The Morgan fingerprint density at radius 3 is 2.89 bits per heavy atom. The summed E-state index contributed by atoms with van der Waals surface area (Å²) in [5.41, 5.74) is 1.79. The van der Waals surface area contributed by atoms with Gasteiger partial charge in [0.05, 0.1) is 12.2 Å². The molecule has 1 aromatic heterocycles. The summed E-state index contributed by atoms with van der Waals surface area (Å²) in [4.78, 5) is 8.84. The first-order chi connectivity index (χ1) is 13.2. The molecule has 3 rings (SSSR count). The van der Waals surface area contributed by atoms with Crippen LogP contribution < -0.4 is 10.6 Å². The number of rotatable bonds is 6. The van der Waals surface area contributed by atoms with Gasteiger partial charge in [-0.05, 0) is 31.4 Å². The van der Waals surface area contributed by atoms with Gasteiger partial charge in [-0.3, -0.25) is 9.20 Å². The van der Waals surface area contributed by atoms with Crippen LogP contribution in [0.3, 0.4) is 0 Å². The molecule has 7 heteroatoms. The van der Waals surface area contributed by atoms with E-state index in [1.54, 1.807) is 13.3 Å². The zero-order valence-electron chi connectivity index (χ0n) is 16.0. The molecule has 0 aliphatic heterocycles. The molecule has 0 amide bonds. The highest BCUT2D eigenvalue weighted by Gasteiger charge is 2.26. The van der Waals surface area contributed by atoms with E-state index in [0.717, 1.165) is 48.7 Å².